The molecular weight excluding hydrogens is 381 g/mol. The number of nitrogens with two attached hydrogens (primary N) is 2. The van der Waals surface area contributed by atoms with E-state index in [0.717, 1.165) is 12.6 Å². The van der Waals surface area contributed by atoms with Gasteiger partial charge in [0, 0.05) is 24.4 Å². The van der Waals surface area contributed by atoms with E-state index in [1.807, 2.05) is 0 Å². The van der Waals surface area contributed by atoms with Gasteiger partial charge in [-0.3, -0.25) is 9.79 Å². The molecule has 0 aromatic heterocycles. The molecule has 1 unspecified atom stereocenters. The molecule has 6 N–H and O–H groups in total. The molecule has 2 atom stereocenters. The lowest BCUT2D eigenvalue weighted by Crippen LogP contribution is -2.50. The number of carboxylic acid groups (broad SMARTS) is 1. The molecule has 0 bridgehead atoms. The van der Waals surface area contributed by atoms with Crippen molar-refractivity contribution in [3.8, 4) is 0 Å². The second-order valence-electron chi connectivity index (χ2n) is 6.04. The van der Waals surface area contributed by atoms with Crippen LogP contribution in [0, 0.1) is 0 Å². The summed E-state index contributed by atoms with van der Waals surface area (Å²) in [7, 11) is 0. The van der Waals surface area contributed by atoms with Gasteiger partial charge >= 0.3 is 5.97 Å². The number of carbonyl (C=O) groups excluding carboxylic acids is 1. The third-order valence-electron chi connectivity index (χ3n) is 3.98. The van der Waals surface area contributed by atoms with Crippen LogP contribution in [0.25, 0.3) is 0 Å². The van der Waals surface area contributed by atoms with E-state index in [2.05, 4.69) is 10.3 Å². The van der Waals surface area contributed by atoms with E-state index in [1.54, 1.807) is 12.2 Å². The SMILES string of the molecule is NC1=N[C@@](C2=CC(N)C(=O)C=C2F)(C(F)F)COC1.O=C(O)C1=CNCC=C1. The first-order valence-electron chi connectivity index (χ1n) is 8.10. The highest BCUT2D eigenvalue weighted by Gasteiger charge is 2.48. The van der Waals surface area contributed by atoms with Crippen LogP contribution in [0.1, 0.15) is 0 Å². The third kappa shape index (κ3) is 4.67. The monoisotopic (exact) mass is 400 g/mol. The minimum atomic E-state index is -3.04. The summed E-state index contributed by atoms with van der Waals surface area (Å²) in [6.07, 6.45) is 3.32. The van der Waals surface area contributed by atoms with E-state index in [0.29, 0.717) is 11.6 Å². The molecule has 11 heteroatoms. The fraction of sp³-hybridized carbons (Fsp3) is 0.353. The highest BCUT2D eigenvalue weighted by molar-refractivity contribution is 5.98. The van der Waals surface area contributed by atoms with Crippen molar-refractivity contribution in [2.75, 3.05) is 19.8 Å². The molecule has 0 saturated heterocycles. The molecule has 0 spiro atoms. The fourth-order valence-electron chi connectivity index (χ4n) is 2.59. The molecule has 0 aromatic rings. The Bertz CT molecular complexity index is 804. The quantitative estimate of drug-likeness (QED) is 0.530. The number of nitrogens with zero attached hydrogens (tertiary/aromatic N) is 1. The van der Waals surface area contributed by atoms with Gasteiger partial charge in [0.15, 0.2) is 11.3 Å². The standard InChI is InChI=1S/C11H12F3N3O2.C6H7NO2/c12-6-2-8(18)7(15)1-5(6)11(10(13)14)4-19-3-9(16)17-11;8-6(9)5-2-1-3-7-4-5/h1-2,7,10H,3-4,15H2,(H2,16,17);1-2,4,7H,3H2,(H,8,9)/t7?,11-;/m0./s1. The number of rotatable bonds is 3. The molecule has 0 amide bonds. The molecule has 3 aliphatic rings. The molecule has 0 aromatic carbocycles. The zero-order valence-electron chi connectivity index (χ0n) is 14.6. The van der Waals surface area contributed by atoms with Gasteiger partial charge in [0.2, 0.25) is 0 Å². The van der Waals surface area contributed by atoms with E-state index in [4.69, 9.17) is 21.3 Å². The van der Waals surface area contributed by atoms with E-state index in [1.165, 1.54) is 6.20 Å². The predicted molar refractivity (Wildman–Crippen MR) is 94.3 cm³/mol. The van der Waals surface area contributed by atoms with Crippen LogP contribution in [-0.4, -0.2) is 60.5 Å². The number of ether oxygens (including phenoxy) is 1. The first-order chi connectivity index (χ1) is 13.2. The molecule has 2 heterocycles. The Kier molecular flexibility index (Phi) is 6.75. The third-order valence-corrected chi connectivity index (χ3v) is 3.98. The zero-order chi connectivity index (χ0) is 20.9. The smallest absolute Gasteiger partial charge is 0.337 e. The number of hydrogen-bond donors (Lipinski definition) is 4. The normalized spacial score (nSPS) is 26.9. The zero-order valence-corrected chi connectivity index (χ0v) is 14.6. The topological polar surface area (TPSA) is 140 Å². The Morgan fingerprint density at radius 2 is 2.18 bits per heavy atom. The summed E-state index contributed by atoms with van der Waals surface area (Å²) < 4.78 is 45.4. The fourth-order valence-corrected chi connectivity index (χ4v) is 2.59. The van der Waals surface area contributed by atoms with Crippen molar-refractivity contribution >= 4 is 17.6 Å². The summed E-state index contributed by atoms with van der Waals surface area (Å²) in [5.74, 6) is -2.84. The Hall–Kier alpha value is -2.92. The van der Waals surface area contributed by atoms with Crippen molar-refractivity contribution in [1.29, 1.82) is 0 Å². The second-order valence-corrected chi connectivity index (χ2v) is 6.04. The maximum atomic E-state index is 13.8. The van der Waals surface area contributed by atoms with Crippen molar-refractivity contribution in [3.63, 3.8) is 0 Å². The maximum Gasteiger partial charge on any atom is 0.337 e. The van der Waals surface area contributed by atoms with Gasteiger partial charge in [0.25, 0.3) is 6.43 Å². The summed E-state index contributed by atoms with van der Waals surface area (Å²) in [4.78, 5) is 25.1. The molecule has 28 heavy (non-hydrogen) atoms. The van der Waals surface area contributed by atoms with E-state index >= 15 is 0 Å². The molecule has 0 fully saturated rings. The number of amidine groups is 1. The van der Waals surface area contributed by atoms with Gasteiger partial charge in [0.1, 0.15) is 18.3 Å². The van der Waals surface area contributed by atoms with Crippen LogP contribution in [-0.2, 0) is 14.3 Å². The Labute approximate surface area is 158 Å². The minimum Gasteiger partial charge on any atom is -0.478 e. The number of ketones is 1. The lowest BCUT2D eigenvalue weighted by Gasteiger charge is -2.35. The Balaban J connectivity index is 0.000000261. The van der Waals surface area contributed by atoms with Crippen molar-refractivity contribution in [3.05, 3.63) is 47.5 Å². The van der Waals surface area contributed by atoms with Gasteiger partial charge in [-0.15, -0.1) is 0 Å². The molecule has 3 rings (SSSR count). The van der Waals surface area contributed by atoms with Gasteiger partial charge in [-0.1, -0.05) is 12.2 Å². The van der Waals surface area contributed by atoms with Crippen molar-refractivity contribution in [1.82, 2.24) is 5.32 Å². The Morgan fingerprint density at radius 3 is 2.68 bits per heavy atom. The van der Waals surface area contributed by atoms with Gasteiger partial charge < -0.3 is 26.6 Å². The maximum absolute atomic E-state index is 13.8. The lowest BCUT2D eigenvalue weighted by molar-refractivity contribution is -0.132. The predicted octanol–water partition coefficient (Wildman–Crippen LogP) is 0.182. The van der Waals surface area contributed by atoms with Crippen molar-refractivity contribution < 1.29 is 32.6 Å². The van der Waals surface area contributed by atoms with Gasteiger partial charge in [-0.2, -0.15) is 0 Å². The second kappa shape index (κ2) is 8.85. The van der Waals surface area contributed by atoms with Crippen LogP contribution < -0.4 is 16.8 Å². The Morgan fingerprint density at radius 1 is 1.46 bits per heavy atom. The largest absolute Gasteiger partial charge is 0.478 e. The summed E-state index contributed by atoms with van der Waals surface area (Å²) in [5, 5.41) is 11.2. The number of dihydropyridines is 1. The van der Waals surface area contributed by atoms with Crippen molar-refractivity contribution in [2.45, 2.75) is 18.0 Å². The number of halogens is 3. The van der Waals surface area contributed by atoms with Gasteiger partial charge in [-0.25, -0.2) is 18.0 Å². The highest BCUT2D eigenvalue weighted by Crippen LogP contribution is 2.38. The average molecular weight is 400 g/mol. The molecule has 2 aliphatic heterocycles. The summed E-state index contributed by atoms with van der Waals surface area (Å²) in [5.41, 5.74) is 8.41. The first kappa shape index (κ1) is 21.4. The van der Waals surface area contributed by atoms with Crippen LogP contribution >= 0.6 is 0 Å². The molecule has 1 aliphatic carbocycles. The van der Waals surface area contributed by atoms with Crippen LogP contribution in [0.15, 0.2) is 52.5 Å². The number of aliphatic imine (C=N–C) groups is 1. The van der Waals surface area contributed by atoms with Crippen LogP contribution in [0.2, 0.25) is 0 Å². The van der Waals surface area contributed by atoms with Crippen molar-refractivity contribution in [2.24, 2.45) is 16.5 Å². The molecule has 8 nitrogen and oxygen atoms in total. The number of nitrogens with one attached hydrogen (secondary N) is 1. The number of carbonyl (C=O) groups is 2. The van der Waals surface area contributed by atoms with Gasteiger partial charge in [-0.05, 0) is 6.08 Å². The van der Waals surface area contributed by atoms with E-state index < -0.39 is 47.8 Å². The van der Waals surface area contributed by atoms with Crippen LogP contribution in [0.4, 0.5) is 13.2 Å². The first-order valence-corrected chi connectivity index (χ1v) is 8.10. The average Bonchev–Trinajstić information content (AvgIpc) is 2.65. The lowest BCUT2D eigenvalue weighted by atomic mass is 9.84. The number of carboxylic acids is 1. The van der Waals surface area contributed by atoms with E-state index in [-0.39, 0.29) is 12.4 Å². The van der Waals surface area contributed by atoms with Crippen LogP contribution in [0.3, 0.4) is 0 Å². The van der Waals surface area contributed by atoms with Gasteiger partial charge in [0.05, 0.1) is 18.2 Å². The minimum absolute atomic E-state index is 0.0991. The van der Waals surface area contributed by atoms with E-state index in [9.17, 15) is 22.8 Å². The summed E-state index contributed by atoms with van der Waals surface area (Å²) in [6, 6.07) is -1.18. The summed E-state index contributed by atoms with van der Waals surface area (Å²) >= 11 is 0. The molecule has 0 saturated carbocycles. The molecular formula is C17H19F3N4O4. The number of hydrogen-bond acceptors (Lipinski definition) is 7. The number of alkyl halides is 2. The number of aliphatic carboxylic acids is 1. The summed E-state index contributed by atoms with van der Waals surface area (Å²) in [6.45, 7) is 0.0915. The molecule has 0 radical (unpaired) electrons. The highest BCUT2D eigenvalue weighted by atomic mass is 19.3. The van der Waals surface area contributed by atoms with Crippen LogP contribution in [0.5, 0.6) is 0 Å². The molecule has 152 valence electrons.